The number of anilines is 1. The summed E-state index contributed by atoms with van der Waals surface area (Å²) in [7, 11) is 1.93. The molecule has 0 N–H and O–H groups in total. The third-order valence-corrected chi connectivity index (χ3v) is 6.74. The number of hydrogen-bond donors (Lipinski definition) is 0. The second kappa shape index (κ2) is 9.32. The Labute approximate surface area is 180 Å². The van der Waals surface area contributed by atoms with E-state index in [1.165, 1.54) is 4.90 Å². The molecule has 2 saturated heterocycles. The van der Waals surface area contributed by atoms with Crippen molar-refractivity contribution in [2.45, 2.75) is 69.9 Å². The number of halogens is 3. The van der Waals surface area contributed by atoms with Crippen LogP contribution < -0.4 is 4.90 Å². The van der Waals surface area contributed by atoms with Gasteiger partial charge in [-0.15, -0.1) is 10.2 Å². The first-order valence-corrected chi connectivity index (χ1v) is 11.2. The Morgan fingerprint density at radius 3 is 2.48 bits per heavy atom. The number of morpholine rings is 1. The highest BCUT2D eigenvalue weighted by Gasteiger charge is 2.44. The van der Waals surface area contributed by atoms with E-state index in [4.69, 9.17) is 4.74 Å². The summed E-state index contributed by atoms with van der Waals surface area (Å²) < 4.78 is 48.7. The molecule has 3 heterocycles. The summed E-state index contributed by atoms with van der Waals surface area (Å²) in [4.78, 5) is 17.3. The maximum atomic E-state index is 13.9. The first-order chi connectivity index (χ1) is 14.8. The van der Waals surface area contributed by atoms with E-state index in [0.717, 1.165) is 25.7 Å². The van der Waals surface area contributed by atoms with Crippen LogP contribution in [0.4, 0.5) is 19.1 Å². The van der Waals surface area contributed by atoms with Crippen LogP contribution >= 0.6 is 0 Å². The SMILES string of the molecule is CN(c1nnc(CN2CCCC2=O)n1CCC(N1CCOCC1)C(F)(F)F)C1CCC1. The van der Waals surface area contributed by atoms with E-state index in [-0.39, 0.29) is 32.0 Å². The van der Waals surface area contributed by atoms with Crippen molar-refractivity contribution in [2.75, 3.05) is 44.8 Å². The van der Waals surface area contributed by atoms with Crippen LogP contribution in [-0.4, -0.2) is 88.6 Å². The Balaban J connectivity index is 1.54. The molecule has 8 nitrogen and oxygen atoms in total. The number of amides is 1. The average molecular weight is 445 g/mol. The summed E-state index contributed by atoms with van der Waals surface area (Å²) in [6.45, 7) is 2.27. The molecule has 1 unspecified atom stereocenters. The fourth-order valence-corrected chi connectivity index (χ4v) is 4.61. The quantitative estimate of drug-likeness (QED) is 0.612. The average Bonchev–Trinajstić information content (AvgIpc) is 3.27. The van der Waals surface area contributed by atoms with Gasteiger partial charge < -0.3 is 14.5 Å². The topological polar surface area (TPSA) is 66.7 Å². The third kappa shape index (κ3) is 4.97. The van der Waals surface area contributed by atoms with Gasteiger partial charge in [-0.3, -0.25) is 14.3 Å². The van der Waals surface area contributed by atoms with Crippen LogP contribution in [0.3, 0.4) is 0 Å². The van der Waals surface area contributed by atoms with Gasteiger partial charge in [0.1, 0.15) is 6.04 Å². The van der Waals surface area contributed by atoms with Gasteiger partial charge in [0.25, 0.3) is 0 Å². The second-order valence-electron chi connectivity index (χ2n) is 8.68. The van der Waals surface area contributed by atoms with Crippen LogP contribution in [0.15, 0.2) is 0 Å². The lowest BCUT2D eigenvalue weighted by atomic mass is 9.92. The molecule has 1 saturated carbocycles. The van der Waals surface area contributed by atoms with E-state index < -0.39 is 12.2 Å². The van der Waals surface area contributed by atoms with Gasteiger partial charge in [0.15, 0.2) is 5.82 Å². The van der Waals surface area contributed by atoms with Crippen molar-refractivity contribution in [1.82, 2.24) is 24.6 Å². The van der Waals surface area contributed by atoms with E-state index in [1.54, 1.807) is 9.47 Å². The Bertz CT molecular complexity index is 761. The molecule has 0 aromatic carbocycles. The lowest BCUT2D eigenvalue weighted by molar-refractivity contribution is -0.194. The molecule has 0 spiro atoms. The molecule has 31 heavy (non-hydrogen) atoms. The summed E-state index contributed by atoms with van der Waals surface area (Å²) in [5.74, 6) is 1.21. The number of hydrogen-bond acceptors (Lipinski definition) is 6. The minimum absolute atomic E-state index is 0.0601. The van der Waals surface area contributed by atoms with Gasteiger partial charge >= 0.3 is 6.18 Å². The molecule has 3 fully saturated rings. The highest BCUT2D eigenvalue weighted by Crippen LogP contribution is 2.31. The van der Waals surface area contributed by atoms with Crippen LogP contribution in [-0.2, 0) is 22.6 Å². The predicted molar refractivity (Wildman–Crippen MR) is 108 cm³/mol. The van der Waals surface area contributed by atoms with E-state index in [2.05, 4.69) is 10.2 Å². The molecule has 174 valence electrons. The first kappa shape index (κ1) is 22.3. The second-order valence-corrected chi connectivity index (χ2v) is 8.68. The monoisotopic (exact) mass is 444 g/mol. The lowest BCUT2D eigenvalue weighted by Crippen LogP contribution is -2.51. The van der Waals surface area contributed by atoms with Crippen molar-refractivity contribution in [1.29, 1.82) is 0 Å². The van der Waals surface area contributed by atoms with E-state index in [1.807, 2.05) is 11.9 Å². The minimum Gasteiger partial charge on any atom is -0.379 e. The third-order valence-electron chi connectivity index (χ3n) is 6.74. The van der Waals surface area contributed by atoms with Gasteiger partial charge in [-0.05, 0) is 32.1 Å². The van der Waals surface area contributed by atoms with Crippen LogP contribution in [0, 0.1) is 0 Å². The Morgan fingerprint density at radius 1 is 1.16 bits per heavy atom. The summed E-state index contributed by atoms with van der Waals surface area (Å²) in [6, 6.07) is -1.20. The maximum absolute atomic E-state index is 13.9. The summed E-state index contributed by atoms with van der Waals surface area (Å²) in [6.07, 6.45) is 0.131. The molecule has 1 aliphatic carbocycles. The van der Waals surface area contributed by atoms with E-state index in [9.17, 15) is 18.0 Å². The van der Waals surface area contributed by atoms with Crippen LogP contribution in [0.1, 0.15) is 44.3 Å². The summed E-state index contributed by atoms with van der Waals surface area (Å²) in [5, 5.41) is 8.62. The number of ether oxygens (including phenoxy) is 1. The van der Waals surface area contributed by atoms with Crippen LogP contribution in [0.5, 0.6) is 0 Å². The molecule has 2 aliphatic heterocycles. The molecule has 1 aromatic heterocycles. The fraction of sp³-hybridized carbons (Fsp3) is 0.850. The van der Waals surface area contributed by atoms with Crippen molar-refractivity contribution in [3.8, 4) is 0 Å². The Kier molecular flexibility index (Phi) is 6.71. The fourth-order valence-electron chi connectivity index (χ4n) is 4.61. The van der Waals surface area contributed by atoms with Crippen LogP contribution in [0.25, 0.3) is 0 Å². The zero-order valence-corrected chi connectivity index (χ0v) is 18.0. The van der Waals surface area contributed by atoms with Crippen molar-refractivity contribution in [2.24, 2.45) is 0 Å². The molecule has 1 aromatic rings. The number of carbonyl (C=O) groups is 1. The molecule has 1 atom stereocenters. The van der Waals surface area contributed by atoms with Gasteiger partial charge in [-0.25, -0.2) is 0 Å². The molecule has 11 heteroatoms. The molecule has 4 rings (SSSR count). The van der Waals surface area contributed by atoms with Crippen LogP contribution in [0.2, 0.25) is 0 Å². The molecule has 0 radical (unpaired) electrons. The molecular formula is C20H31F3N6O2. The smallest absolute Gasteiger partial charge is 0.379 e. The predicted octanol–water partition coefficient (Wildman–Crippen LogP) is 2.04. The van der Waals surface area contributed by atoms with Crippen molar-refractivity contribution >= 4 is 11.9 Å². The first-order valence-electron chi connectivity index (χ1n) is 11.2. The number of carbonyl (C=O) groups excluding carboxylic acids is 1. The minimum atomic E-state index is -4.32. The summed E-state index contributed by atoms with van der Waals surface area (Å²) in [5.41, 5.74) is 0. The highest BCUT2D eigenvalue weighted by atomic mass is 19.4. The highest BCUT2D eigenvalue weighted by molar-refractivity contribution is 5.77. The van der Waals surface area contributed by atoms with Gasteiger partial charge in [0.05, 0.1) is 19.8 Å². The molecule has 0 bridgehead atoms. The lowest BCUT2D eigenvalue weighted by Gasteiger charge is -2.37. The van der Waals surface area contributed by atoms with Gasteiger partial charge in [0, 0.05) is 45.7 Å². The summed E-state index contributed by atoms with van der Waals surface area (Å²) >= 11 is 0. The van der Waals surface area contributed by atoms with Crippen molar-refractivity contribution < 1.29 is 22.7 Å². The largest absolute Gasteiger partial charge is 0.404 e. The standard InChI is InChI=1S/C20H31F3N6O2/c1-26(15-4-2-5-15)19-25-24-17(14-28-8-3-6-18(28)30)29(19)9-7-16(20(21,22)23)27-10-12-31-13-11-27/h15-16H,2-14H2,1H3. The Morgan fingerprint density at radius 2 is 1.90 bits per heavy atom. The molecule has 1 amide bonds. The van der Waals surface area contributed by atoms with Gasteiger partial charge in [-0.2, -0.15) is 13.2 Å². The van der Waals surface area contributed by atoms with Crippen molar-refractivity contribution in [3.63, 3.8) is 0 Å². The normalized spacial score (nSPS) is 22.1. The zero-order chi connectivity index (χ0) is 22.0. The van der Waals surface area contributed by atoms with Gasteiger partial charge in [0.2, 0.25) is 11.9 Å². The van der Waals surface area contributed by atoms with E-state index >= 15 is 0 Å². The van der Waals surface area contributed by atoms with E-state index in [0.29, 0.717) is 50.5 Å². The number of nitrogens with zero attached hydrogens (tertiary/aromatic N) is 6. The zero-order valence-electron chi connectivity index (χ0n) is 18.0. The Hall–Kier alpha value is -1.88. The number of likely N-dealkylation sites (tertiary alicyclic amines) is 1. The maximum Gasteiger partial charge on any atom is 0.404 e. The van der Waals surface area contributed by atoms with Gasteiger partial charge in [-0.1, -0.05) is 0 Å². The number of aromatic nitrogens is 3. The molecular weight excluding hydrogens is 413 g/mol. The van der Waals surface area contributed by atoms with Crippen molar-refractivity contribution in [3.05, 3.63) is 5.82 Å². The number of rotatable bonds is 8. The number of alkyl halides is 3. The molecule has 3 aliphatic rings.